The number of anilines is 1. The van der Waals surface area contributed by atoms with Crippen LogP contribution in [0.15, 0.2) is 30.5 Å². The molecule has 0 fully saturated rings. The number of aromatic nitrogens is 4. The molecule has 0 atom stereocenters. The van der Waals surface area contributed by atoms with E-state index in [2.05, 4.69) is 15.3 Å². The molecule has 7 heteroatoms. The summed E-state index contributed by atoms with van der Waals surface area (Å²) in [5, 5.41) is 13.5. The summed E-state index contributed by atoms with van der Waals surface area (Å²) >= 11 is 1.35. The zero-order chi connectivity index (χ0) is 14.1. The summed E-state index contributed by atoms with van der Waals surface area (Å²) in [5.41, 5.74) is 8.52. The summed E-state index contributed by atoms with van der Waals surface area (Å²) in [6.45, 7) is 1.99. The van der Waals surface area contributed by atoms with Gasteiger partial charge < -0.3 is 10.5 Å². The fraction of sp³-hybridized carbons (Fsp3) is 0.154. The molecule has 0 aliphatic carbocycles. The van der Waals surface area contributed by atoms with Gasteiger partial charge in [-0.15, -0.1) is 10.2 Å². The van der Waals surface area contributed by atoms with Crippen LogP contribution in [0.4, 0.5) is 5.13 Å². The van der Waals surface area contributed by atoms with Crippen LogP contribution in [0.5, 0.6) is 5.75 Å². The van der Waals surface area contributed by atoms with Gasteiger partial charge in [0.05, 0.1) is 30.3 Å². The normalized spacial score (nSPS) is 10.7. The van der Waals surface area contributed by atoms with Crippen molar-refractivity contribution in [1.82, 2.24) is 20.0 Å². The Hall–Kier alpha value is -2.41. The van der Waals surface area contributed by atoms with Gasteiger partial charge in [0.1, 0.15) is 5.75 Å². The average molecular weight is 287 g/mol. The van der Waals surface area contributed by atoms with Gasteiger partial charge in [-0.25, -0.2) is 4.68 Å². The van der Waals surface area contributed by atoms with Crippen molar-refractivity contribution in [3.8, 4) is 22.0 Å². The second kappa shape index (κ2) is 4.93. The first-order valence-electron chi connectivity index (χ1n) is 5.97. The van der Waals surface area contributed by atoms with Crippen molar-refractivity contribution in [3.05, 3.63) is 36.2 Å². The van der Waals surface area contributed by atoms with Gasteiger partial charge in [0.15, 0.2) is 5.01 Å². The monoisotopic (exact) mass is 287 g/mol. The minimum absolute atomic E-state index is 0.455. The van der Waals surface area contributed by atoms with E-state index in [0.717, 1.165) is 27.7 Å². The molecule has 0 amide bonds. The maximum atomic E-state index is 5.62. The Morgan fingerprint density at radius 2 is 1.95 bits per heavy atom. The van der Waals surface area contributed by atoms with E-state index < -0.39 is 0 Å². The van der Waals surface area contributed by atoms with Crippen molar-refractivity contribution in [2.24, 2.45) is 0 Å². The maximum absolute atomic E-state index is 5.62. The Morgan fingerprint density at radius 1 is 1.20 bits per heavy atom. The molecule has 2 N–H and O–H groups in total. The van der Waals surface area contributed by atoms with Crippen LogP contribution in [-0.2, 0) is 0 Å². The Labute approximate surface area is 119 Å². The fourth-order valence-electron chi connectivity index (χ4n) is 1.95. The van der Waals surface area contributed by atoms with Crippen molar-refractivity contribution in [3.63, 3.8) is 0 Å². The molecule has 0 aliphatic heterocycles. The molecule has 6 nitrogen and oxygen atoms in total. The van der Waals surface area contributed by atoms with Crippen molar-refractivity contribution in [1.29, 1.82) is 0 Å². The van der Waals surface area contributed by atoms with Crippen LogP contribution in [0, 0.1) is 6.92 Å². The molecule has 0 aliphatic rings. The van der Waals surface area contributed by atoms with E-state index in [9.17, 15) is 0 Å². The van der Waals surface area contributed by atoms with E-state index in [1.807, 2.05) is 35.9 Å². The van der Waals surface area contributed by atoms with Crippen molar-refractivity contribution in [2.45, 2.75) is 6.92 Å². The van der Waals surface area contributed by atoms with E-state index >= 15 is 0 Å². The van der Waals surface area contributed by atoms with E-state index in [4.69, 9.17) is 10.5 Å². The third kappa shape index (κ3) is 2.12. The highest BCUT2D eigenvalue weighted by Gasteiger charge is 2.13. The number of methoxy groups -OCH3 is 1. The summed E-state index contributed by atoms with van der Waals surface area (Å²) in [6.07, 6.45) is 1.78. The average Bonchev–Trinajstić information content (AvgIpc) is 3.05. The van der Waals surface area contributed by atoms with E-state index in [-0.39, 0.29) is 0 Å². The fourth-order valence-corrected chi connectivity index (χ4v) is 2.62. The second-order valence-electron chi connectivity index (χ2n) is 4.20. The third-order valence-corrected chi connectivity index (χ3v) is 3.78. The smallest absolute Gasteiger partial charge is 0.203 e. The Morgan fingerprint density at radius 3 is 2.55 bits per heavy atom. The number of benzene rings is 1. The summed E-state index contributed by atoms with van der Waals surface area (Å²) in [7, 11) is 1.64. The van der Waals surface area contributed by atoms with Crippen LogP contribution in [-0.4, -0.2) is 27.1 Å². The predicted molar refractivity (Wildman–Crippen MR) is 78.2 cm³/mol. The Balaban J connectivity index is 2.01. The highest BCUT2D eigenvalue weighted by Crippen LogP contribution is 2.28. The van der Waals surface area contributed by atoms with Crippen molar-refractivity contribution < 1.29 is 4.74 Å². The maximum Gasteiger partial charge on any atom is 0.203 e. The molecule has 102 valence electrons. The molecule has 0 unspecified atom stereocenters. The van der Waals surface area contributed by atoms with Crippen LogP contribution in [0.2, 0.25) is 0 Å². The van der Waals surface area contributed by atoms with E-state index in [0.29, 0.717) is 5.13 Å². The topological polar surface area (TPSA) is 78.8 Å². The minimum atomic E-state index is 0.455. The zero-order valence-corrected chi connectivity index (χ0v) is 11.9. The number of hydrogen-bond acceptors (Lipinski definition) is 6. The summed E-state index contributed by atoms with van der Waals surface area (Å²) in [6, 6.07) is 7.71. The molecular weight excluding hydrogens is 274 g/mol. The molecule has 0 saturated heterocycles. The van der Waals surface area contributed by atoms with Crippen LogP contribution in [0.25, 0.3) is 16.3 Å². The van der Waals surface area contributed by atoms with Gasteiger partial charge in [-0.1, -0.05) is 11.3 Å². The van der Waals surface area contributed by atoms with Crippen LogP contribution >= 0.6 is 11.3 Å². The molecule has 20 heavy (non-hydrogen) atoms. The Kier molecular flexibility index (Phi) is 3.11. The molecular formula is C13H13N5OS. The Bertz CT molecular complexity index is 732. The first kappa shape index (κ1) is 12.6. The quantitative estimate of drug-likeness (QED) is 0.799. The van der Waals surface area contributed by atoms with E-state index in [1.165, 1.54) is 11.3 Å². The molecule has 2 heterocycles. The predicted octanol–water partition coefficient (Wildman–Crippen LogP) is 2.29. The van der Waals surface area contributed by atoms with Crippen molar-refractivity contribution >= 4 is 16.5 Å². The first-order valence-corrected chi connectivity index (χ1v) is 6.79. The van der Waals surface area contributed by atoms with E-state index in [1.54, 1.807) is 13.3 Å². The van der Waals surface area contributed by atoms with Crippen LogP contribution in [0.1, 0.15) is 5.69 Å². The van der Waals surface area contributed by atoms with Crippen molar-refractivity contribution in [2.75, 3.05) is 12.8 Å². The number of nitrogens with two attached hydrogens (primary N) is 1. The molecule has 2 aromatic heterocycles. The second-order valence-corrected chi connectivity index (χ2v) is 5.21. The summed E-state index contributed by atoms with van der Waals surface area (Å²) in [4.78, 5) is 0. The van der Waals surface area contributed by atoms with Gasteiger partial charge in [-0.05, 0) is 31.2 Å². The van der Waals surface area contributed by atoms with Crippen LogP contribution < -0.4 is 10.5 Å². The van der Waals surface area contributed by atoms with Gasteiger partial charge in [-0.2, -0.15) is 5.10 Å². The molecule has 0 radical (unpaired) electrons. The zero-order valence-electron chi connectivity index (χ0n) is 11.1. The number of rotatable bonds is 3. The molecule has 0 saturated carbocycles. The molecule has 0 spiro atoms. The number of nitrogen functional groups attached to an aromatic ring is 1. The SMILES string of the molecule is COc1ccc(-n2ncc(-c3nnc(N)s3)c2C)cc1. The lowest BCUT2D eigenvalue weighted by Gasteiger charge is -2.06. The first-order chi connectivity index (χ1) is 9.69. The lowest BCUT2D eigenvalue weighted by molar-refractivity contribution is 0.414. The third-order valence-electron chi connectivity index (χ3n) is 3.00. The molecule has 3 aromatic rings. The number of ether oxygens (including phenoxy) is 1. The highest BCUT2D eigenvalue weighted by molar-refractivity contribution is 7.18. The largest absolute Gasteiger partial charge is 0.497 e. The highest BCUT2D eigenvalue weighted by atomic mass is 32.1. The van der Waals surface area contributed by atoms with Gasteiger partial charge >= 0.3 is 0 Å². The lowest BCUT2D eigenvalue weighted by atomic mass is 10.2. The summed E-state index contributed by atoms with van der Waals surface area (Å²) in [5.74, 6) is 0.815. The van der Waals surface area contributed by atoms with Crippen LogP contribution in [0.3, 0.4) is 0 Å². The van der Waals surface area contributed by atoms with Gasteiger partial charge in [0.25, 0.3) is 0 Å². The number of nitrogens with zero attached hydrogens (tertiary/aromatic N) is 4. The lowest BCUT2D eigenvalue weighted by Crippen LogP contribution is -1.98. The molecule has 0 bridgehead atoms. The summed E-state index contributed by atoms with van der Waals surface area (Å²) < 4.78 is 7.01. The van der Waals surface area contributed by atoms with Gasteiger partial charge in [0.2, 0.25) is 5.13 Å². The van der Waals surface area contributed by atoms with Gasteiger partial charge in [0, 0.05) is 0 Å². The standard InChI is InChI=1S/C13H13N5OS/c1-8-11(12-16-17-13(14)20-12)7-15-18(8)9-3-5-10(19-2)6-4-9/h3-7H,1-2H3,(H2,14,17). The minimum Gasteiger partial charge on any atom is -0.497 e. The van der Waals surface area contributed by atoms with Gasteiger partial charge in [-0.3, -0.25) is 0 Å². The molecule has 3 rings (SSSR count). The number of hydrogen-bond donors (Lipinski definition) is 1. The molecule has 1 aromatic carbocycles.